The van der Waals surface area contributed by atoms with E-state index in [2.05, 4.69) is 17.9 Å². The van der Waals surface area contributed by atoms with Crippen molar-refractivity contribution in [2.45, 2.75) is 13.0 Å². The van der Waals surface area contributed by atoms with E-state index in [4.69, 9.17) is 4.74 Å². The van der Waals surface area contributed by atoms with E-state index in [0.29, 0.717) is 11.4 Å². The van der Waals surface area contributed by atoms with Crippen LogP contribution in [0.2, 0.25) is 0 Å². The Labute approximate surface area is 118 Å². The number of carbonyl (C=O) groups excluding carboxylic acids is 2. The van der Waals surface area contributed by atoms with Gasteiger partial charge in [-0.1, -0.05) is 12.1 Å². The molecule has 0 radical (unpaired) electrons. The van der Waals surface area contributed by atoms with Crippen LogP contribution in [-0.2, 0) is 9.59 Å². The first kappa shape index (κ1) is 15.4. The predicted octanol–water partition coefficient (Wildman–Crippen LogP) is 1.09. The van der Waals surface area contributed by atoms with Gasteiger partial charge in [0.15, 0.2) is 0 Å². The number of rotatable bonds is 5. The monoisotopic (exact) mass is 282 g/mol. The number of amides is 2. The molecule has 0 heterocycles. The molecule has 0 aromatic heterocycles. The first-order chi connectivity index (χ1) is 9.01. The van der Waals surface area contributed by atoms with E-state index in [0.717, 1.165) is 0 Å². The van der Waals surface area contributed by atoms with Crippen molar-refractivity contribution in [2.75, 3.05) is 24.8 Å². The Kier molecular flexibility index (Phi) is 5.69. The van der Waals surface area contributed by atoms with Gasteiger partial charge in [0.05, 0.1) is 12.8 Å². The molecule has 0 aliphatic rings. The fourth-order valence-corrected chi connectivity index (χ4v) is 1.94. The molecule has 1 aromatic rings. The highest BCUT2D eigenvalue weighted by atomic mass is 32.1. The molecule has 0 aliphatic heterocycles. The molecule has 1 rings (SSSR count). The highest BCUT2D eigenvalue weighted by Gasteiger charge is 2.24. The Hall–Kier alpha value is -1.69. The summed E-state index contributed by atoms with van der Waals surface area (Å²) in [6, 6.07) is 6.53. The van der Waals surface area contributed by atoms with Crippen molar-refractivity contribution in [1.29, 1.82) is 0 Å². The summed E-state index contributed by atoms with van der Waals surface area (Å²) in [5.41, 5.74) is 0.645. The van der Waals surface area contributed by atoms with Crippen LogP contribution in [0.3, 0.4) is 0 Å². The van der Waals surface area contributed by atoms with Crippen molar-refractivity contribution in [1.82, 2.24) is 5.32 Å². The lowest BCUT2D eigenvalue weighted by Crippen LogP contribution is -2.48. The number of nitrogens with one attached hydrogen (secondary N) is 1. The third-order valence-electron chi connectivity index (χ3n) is 2.64. The second kappa shape index (κ2) is 7.04. The Morgan fingerprint density at radius 3 is 2.58 bits per heavy atom. The zero-order chi connectivity index (χ0) is 14.4. The van der Waals surface area contributed by atoms with Crippen molar-refractivity contribution in [3.05, 3.63) is 24.3 Å². The van der Waals surface area contributed by atoms with E-state index in [9.17, 15) is 9.59 Å². The molecule has 104 valence electrons. The van der Waals surface area contributed by atoms with Crippen LogP contribution in [0.15, 0.2) is 24.3 Å². The number of carbonyl (C=O) groups is 2. The Morgan fingerprint density at radius 1 is 1.42 bits per heavy atom. The van der Waals surface area contributed by atoms with Crippen LogP contribution in [0.4, 0.5) is 5.69 Å². The number of benzene rings is 1. The molecule has 19 heavy (non-hydrogen) atoms. The summed E-state index contributed by atoms with van der Waals surface area (Å²) >= 11 is 4.09. The summed E-state index contributed by atoms with van der Waals surface area (Å²) in [7, 11) is 3.18. The minimum Gasteiger partial charge on any atom is -0.495 e. The van der Waals surface area contributed by atoms with E-state index in [1.54, 1.807) is 26.3 Å². The van der Waals surface area contributed by atoms with Crippen LogP contribution < -0.4 is 15.0 Å². The molecule has 1 unspecified atom stereocenters. The summed E-state index contributed by atoms with van der Waals surface area (Å²) in [4.78, 5) is 24.8. The Bertz CT molecular complexity index is 465. The molecule has 0 saturated carbocycles. The molecule has 6 heteroatoms. The zero-order valence-electron chi connectivity index (χ0n) is 11.2. The van der Waals surface area contributed by atoms with Crippen molar-refractivity contribution in [3.8, 4) is 5.75 Å². The lowest BCUT2D eigenvalue weighted by Gasteiger charge is -2.24. The number of hydrogen-bond acceptors (Lipinski definition) is 4. The van der Waals surface area contributed by atoms with Crippen molar-refractivity contribution in [3.63, 3.8) is 0 Å². The van der Waals surface area contributed by atoms with Gasteiger partial charge >= 0.3 is 0 Å². The van der Waals surface area contributed by atoms with Gasteiger partial charge in [-0.2, -0.15) is 12.6 Å². The Morgan fingerprint density at radius 2 is 2.05 bits per heavy atom. The largest absolute Gasteiger partial charge is 0.495 e. The van der Waals surface area contributed by atoms with Gasteiger partial charge in [0, 0.05) is 19.7 Å². The number of para-hydroxylation sites is 2. The minimum atomic E-state index is -0.657. The quantitative estimate of drug-likeness (QED) is 0.795. The Balaban J connectivity index is 2.94. The lowest BCUT2D eigenvalue weighted by atomic mass is 10.2. The van der Waals surface area contributed by atoms with Crippen LogP contribution in [-0.4, -0.2) is 37.8 Å². The molecular formula is C13H18N2O3S. The predicted molar refractivity (Wildman–Crippen MR) is 77.9 cm³/mol. The third-order valence-corrected chi connectivity index (χ3v) is 3.00. The van der Waals surface area contributed by atoms with E-state index >= 15 is 0 Å². The van der Waals surface area contributed by atoms with Crippen LogP contribution in [0, 0.1) is 0 Å². The molecular weight excluding hydrogens is 264 g/mol. The molecule has 0 saturated heterocycles. The maximum atomic E-state index is 12.3. The number of anilines is 1. The maximum Gasteiger partial charge on any atom is 0.250 e. The van der Waals surface area contributed by atoms with E-state index < -0.39 is 6.04 Å². The smallest absolute Gasteiger partial charge is 0.250 e. The summed E-state index contributed by atoms with van der Waals surface area (Å²) < 4.78 is 5.21. The van der Waals surface area contributed by atoms with Crippen molar-refractivity contribution < 1.29 is 14.3 Å². The van der Waals surface area contributed by atoms with Gasteiger partial charge in [0.25, 0.3) is 0 Å². The summed E-state index contributed by atoms with van der Waals surface area (Å²) in [6.45, 7) is 1.37. The maximum absolute atomic E-state index is 12.3. The molecule has 5 nitrogen and oxygen atoms in total. The topological polar surface area (TPSA) is 58.6 Å². The van der Waals surface area contributed by atoms with Crippen LogP contribution in [0.25, 0.3) is 0 Å². The second-order valence-electron chi connectivity index (χ2n) is 4.00. The van der Waals surface area contributed by atoms with E-state index in [1.807, 2.05) is 12.1 Å². The molecule has 0 fully saturated rings. The average molecular weight is 282 g/mol. The van der Waals surface area contributed by atoms with Gasteiger partial charge in [0.2, 0.25) is 11.8 Å². The summed E-state index contributed by atoms with van der Waals surface area (Å²) in [5.74, 6) is 0.326. The SMILES string of the molecule is COc1ccccc1N(C)C(=O)C(CS)NC(C)=O. The second-order valence-corrected chi connectivity index (χ2v) is 4.37. The molecule has 0 spiro atoms. The van der Waals surface area contributed by atoms with Gasteiger partial charge < -0.3 is 15.0 Å². The van der Waals surface area contributed by atoms with Gasteiger partial charge in [-0.25, -0.2) is 0 Å². The third kappa shape index (κ3) is 3.89. The number of ether oxygens (including phenoxy) is 1. The van der Waals surface area contributed by atoms with Gasteiger partial charge in [-0.15, -0.1) is 0 Å². The fraction of sp³-hybridized carbons (Fsp3) is 0.385. The first-order valence-corrected chi connectivity index (χ1v) is 6.43. The summed E-state index contributed by atoms with van der Waals surface area (Å²) in [5, 5.41) is 2.57. The number of thiol groups is 1. The molecule has 0 aliphatic carbocycles. The number of methoxy groups -OCH3 is 1. The van der Waals surface area contributed by atoms with Gasteiger partial charge in [0.1, 0.15) is 11.8 Å². The lowest BCUT2D eigenvalue weighted by molar-refractivity contribution is -0.125. The molecule has 1 atom stereocenters. The number of nitrogens with zero attached hydrogens (tertiary/aromatic N) is 1. The van der Waals surface area contributed by atoms with Crippen molar-refractivity contribution in [2.24, 2.45) is 0 Å². The molecule has 1 N–H and O–H groups in total. The molecule has 2 amide bonds. The van der Waals surface area contributed by atoms with Crippen LogP contribution >= 0.6 is 12.6 Å². The molecule has 1 aromatic carbocycles. The zero-order valence-corrected chi connectivity index (χ0v) is 12.1. The average Bonchev–Trinajstić information content (AvgIpc) is 2.42. The van der Waals surface area contributed by atoms with Gasteiger partial charge in [-0.05, 0) is 12.1 Å². The van der Waals surface area contributed by atoms with E-state index in [-0.39, 0.29) is 17.6 Å². The standard InChI is InChI=1S/C13H18N2O3S/c1-9(16)14-10(8-19)13(17)15(2)11-6-4-5-7-12(11)18-3/h4-7,10,19H,8H2,1-3H3,(H,14,16). The van der Waals surface area contributed by atoms with Crippen LogP contribution in [0.5, 0.6) is 5.75 Å². The minimum absolute atomic E-state index is 0.234. The summed E-state index contributed by atoms with van der Waals surface area (Å²) in [6.07, 6.45) is 0. The normalized spacial score (nSPS) is 11.6. The fourth-order valence-electron chi connectivity index (χ4n) is 1.69. The first-order valence-electron chi connectivity index (χ1n) is 5.79. The van der Waals surface area contributed by atoms with Gasteiger partial charge in [-0.3, -0.25) is 9.59 Å². The van der Waals surface area contributed by atoms with Crippen molar-refractivity contribution >= 4 is 30.1 Å². The highest BCUT2D eigenvalue weighted by molar-refractivity contribution is 7.80. The van der Waals surface area contributed by atoms with Crippen LogP contribution in [0.1, 0.15) is 6.92 Å². The number of hydrogen-bond donors (Lipinski definition) is 2. The highest BCUT2D eigenvalue weighted by Crippen LogP contribution is 2.26. The van der Waals surface area contributed by atoms with E-state index in [1.165, 1.54) is 11.8 Å². The molecule has 0 bridgehead atoms. The number of likely N-dealkylation sites (N-methyl/N-ethyl adjacent to an activating group) is 1.